The number of alkyl halides is 2. The predicted octanol–water partition coefficient (Wildman–Crippen LogP) is 2.85. The van der Waals surface area contributed by atoms with Crippen LogP contribution in [0.2, 0.25) is 0 Å². The first-order valence-electron chi connectivity index (χ1n) is 5.33. The van der Waals surface area contributed by atoms with Gasteiger partial charge in [-0.05, 0) is 6.42 Å². The first-order chi connectivity index (χ1) is 7.79. The second-order valence-corrected chi connectivity index (χ2v) is 4.20. The van der Waals surface area contributed by atoms with Crippen molar-refractivity contribution in [1.82, 2.24) is 0 Å². The van der Waals surface area contributed by atoms with E-state index < -0.39 is 17.8 Å². The van der Waals surface area contributed by atoms with E-state index in [0.717, 1.165) is 5.56 Å². The molecule has 1 aliphatic rings. The van der Waals surface area contributed by atoms with Crippen LogP contribution in [-0.2, 0) is 15.3 Å². The SMILES string of the molecule is FCCC(Cl)C1(c2ccccc2)OCCO1. The topological polar surface area (TPSA) is 18.5 Å². The minimum atomic E-state index is -0.977. The Balaban J connectivity index is 2.28. The van der Waals surface area contributed by atoms with Crippen LogP contribution in [0.5, 0.6) is 0 Å². The van der Waals surface area contributed by atoms with E-state index in [1.54, 1.807) is 0 Å². The molecule has 0 radical (unpaired) electrons. The van der Waals surface area contributed by atoms with Crippen molar-refractivity contribution in [2.45, 2.75) is 17.6 Å². The highest BCUT2D eigenvalue weighted by atomic mass is 35.5. The van der Waals surface area contributed by atoms with Gasteiger partial charge in [-0.1, -0.05) is 30.3 Å². The first-order valence-corrected chi connectivity index (χ1v) is 5.77. The van der Waals surface area contributed by atoms with Crippen LogP contribution in [-0.4, -0.2) is 25.3 Å². The minimum absolute atomic E-state index is 0.219. The van der Waals surface area contributed by atoms with Crippen molar-refractivity contribution in [2.24, 2.45) is 0 Å². The lowest BCUT2D eigenvalue weighted by atomic mass is 10.0. The van der Waals surface area contributed by atoms with Crippen molar-refractivity contribution < 1.29 is 13.9 Å². The highest BCUT2D eigenvalue weighted by Gasteiger charge is 2.45. The molecule has 1 aliphatic heterocycles. The Labute approximate surface area is 99.3 Å². The molecule has 2 nitrogen and oxygen atoms in total. The molecule has 0 aromatic heterocycles. The normalized spacial score (nSPS) is 20.9. The van der Waals surface area contributed by atoms with Crippen molar-refractivity contribution in [3.05, 3.63) is 35.9 Å². The highest BCUT2D eigenvalue weighted by molar-refractivity contribution is 6.21. The van der Waals surface area contributed by atoms with Crippen molar-refractivity contribution in [1.29, 1.82) is 0 Å². The standard InChI is InChI=1S/C12H14ClFO2/c13-11(6-7-14)12(15-8-9-16-12)10-4-2-1-3-5-10/h1-5,11H,6-9H2. The van der Waals surface area contributed by atoms with Crippen molar-refractivity contribution in [3.8, 4) is 0 Å². The van der Waals surface area contributed by atoms with Gasteiger partial charge >= 0.3 is 0 Å². The zero-order chi connectivity index (χ0) is 11.4. The van der Waals surface area contributed by atoms with E-state index in [0.29, 0.717) is 13.2 Å². The summed E-state index contributed by atoms with van der Waals surface area (Å²) in [6.07, 6.45) is 0.219. The lowest BCUT2D eigenvalue weighted by Crippen LogP contribution is -2.37. The van der Waals surface area contributed by atoms with Crippen LogP contribution >= 0.6 is 11.6 Å². The molecule has 2 rings (SSSR count). The molecule has 1 fully saturated rings. The van der Waals surface area contributed by atoms with Gasteiger partial charge in [0.05, 0.1) is 25.3 Å². The fourth-order valence-electron chi connectivity index (χ4n) is 1.91. The fraction of sp³-hybridized carbons (Fsp3) is 0.500. The molecule has 1 atom stereocenters. The summed E-state index contributed by atoms with van der Waals surface area (Å²) >= 11 is 6.19. The summed E-state index contributed by atoms with van der Waals surface area (Å²) in [6.45, 7) is 0.504. The van der Waals surface area contributed by atoms with E-state index in [4.69, 9.17) is 21.1 Å². The monoisotopic (exact) mass is 244 g/mol. The molecular weight excluding hydrogens is 231 g/mol. The molecule has 0 N–H and O–H groups in total. The highest BCUT2D eigenvalue weighted by Crippen LogP contribution is 2.39. The zero-order valence-corrected chi connectivity index (χ0v) is 9.62. The Morgan fingerprint density at radius 1 is 1.25 bits per heavy atom. The van der Waals surface area contributed by atoms with Gasteiger partial charge in [-0.25, -0.2) is 0 Å². The average molecular weight is 245 g/mol. The first kappa shape index (κ1) is 11.8. The molecule has 0 bridgehead atoms. The van der Waals surface area contributed by atoms with Gasteiger partial charge in [0.2, 0.25) is 5.79 Å². The zero-order valence-electron chi connectivity index (χ0n) is 8.86. The number of hydrogen-bond acceptors (Lipinski definition) is 2. The lowest BCUT2D eigenvalue weighted by molar-refractivity contribution is -0.168. The number of halogens is 2. The second-order valence-electron chi connectivity index (χ2n) is 3.68. The van der Waals surface area contributed by atoms with Crippen molar-refractivity contribution in [3.63, 3.8) is 0 Å². The molecule has 1 aromatic carbocycles. The van der Waals surface area contributed by atoms with Gasteiger partial charge in [0.15, 0.2) is 0 Å². The second kappa shape index (κ2) is 5.13. The molecule has 1 heterocycles. The maximum Gasteiger partial charge on any atom is 0.212 e. The quantitative estimate of drug-likeness (QED) is 0.759. The molecule has 1 aromatic rings. The van der Waals surface area contributed by atoms with E-state index in [1.807, 2.05) is 30.3 Å². The Morgan fingerprint density at radius 3 is 2.44 bits per heavy atom. The third-order valence-electron chi connectivity index (χ3n) is 2.67. The van der Waals surface area contributed by atoms with Crippen LogP contribution in [0.1, 0.15) is 12.0 Å². The molecule has 4 heteroatoms. The fourth-order valence-corrected chi connectivity index (χ4v) is 2.25. The third kappa shape index (κ3) is 2.08. The van der Waals surface area contributed by atoms with E-state index in [1.165, 1.54) is 0 Å². The summed E-state index contributed by atoms with van der Waals surface area (Å²) in [5.74, 6) is -0.977. The van der Waals surface area contributed by atoms with E-state index >= 15 is 0 Å². The van der Waals surface area contributed by atoms with Gasteiger partial charge in [0.1, 0.15) is 0 Å². The summed E-state index contributed by atoms with van der Waals surface area (Å²) in [6, 6.07) is 9.46. The molecule has 1 unspecified atom stereocenters. The predicted molar refractivity (Wildman–Crippen MR) is 60.3 cm³/mol. The van der Waals surface area contributed by atoms with E-state index in [-0.39, 0.29) is 6.42 Å². The van der Waals surface area contributed by atoms with Crippen LogP contribution in [0, 0.1) is 0 Å². The summed E-state index contributed by atoms with van der Waals surface area (Å²) in [5, 5.41) is -0.512. The number of ether oxygens (including phenoxy) is 2. The Hall–Kier alpha value is -0.640. The maximum atomic E-state index is 12.4. The van der Waals surface area contributed by atoms with Crippen LogP contribution < -0.4 is 0 Å². The molecular formula is C12H14ClFO2. The largest absolute Gasteiger partial charge is 0.342 e. The summed E-state index contributed by atoms with van der Waals surface area (Å²) < 4.78 is 23.6. The van der Waals surface area contributed by atoms with Gasteiger partial charge in [-0.3, -0.25) is 4.39 Å². The van der Waals surface area contributed by atoms with Crippen LogP contribution in [0.4, 0.5) is 4.39 Å². The molecule has 16 heavy (non-hydrogen) atoms. The van der Waals surface area contributed by atoms with E-state index in [9.17, 15) is 4.39 Å². The van der Waals surface area contributed by atoms with Crippen LogP contribution in [0.15, 0.2) is 30.3 Å². The summed E-state index contributed by atoms with van der Waals surface area (Å²) in [4.78, 5) is 0. The summed E-state index contributed by atoms with van der Waals surface area (Å²) in [5.41, 5.74) is 0.848. The lowest BCUT2D eigenvalue weighted by Gasteiger charge is -2.31. The van der Waals surface area contributed by atoms with Crippen molar-refractivity contribution in [2.75, 3.05) is 19.9 Å². The third-order valence-corrected chi connectivity index (χ3v) is 3.17. The van der Waals surface area contributed by atoms with Crippen LogP contribution in [0.3, 0.4) is 0 Å². The summed E-state index contributed by atoms with van der Waals surface area (Å²) in [7, 11) is 0. The van der Waals surface area contributed by atoms with Gasteiger partial charge in [0, 0.05) is 5.56 Å². The minimum Gasteiger partial charge on any atom is -0.342 e. The smallest absolute Gasteiger partial charge is 0.212 e. The van der Waals surface area contributed by atoms with Gasteiger partial charge in [-0.15, -0.1) is 11.6 Å². The maximum absolute atomic E-state index is 12.4. The van der Waals surface area contributed by atoms with Crippen molar-refractivity contribution >= 4 is 11.6 Å². The molecule has 1 saturated heterocycles. The molecule has 0 aliphatic carbocycles. The Bertz CT molecular complexity index is 325. The Kier molecular flexibility index (Phi) is 3.79. The molecule has 88 valence electrons. The van der Waals surface area contributed by atoms with Gasteiger partial charge < -0.3 is 9.47 Å². The van der Waals surface area contributed by atoms with Gasteiger partial charge in [0.25, 0.3) is 0 Å². The number of hydrogen-bond donors (Lipinski definition) is 0. The van der Waals surface area contributed by atoms with Crippen LogP contribution in [0.25, 0.3) is 0 Å². The molecule has 0 spiro atoms. The van der Waals surface area contributed by atoms with Gasteiger partial charge in [-0.2, -0.15) is 0 Å². The number of rotatable bonds is 4. The molecule has 0 saturated carbocycles. The van der Waals surface area contributed by atoms with E-state index in [2.05, 4.69) is 0 Å². The average Bonchev–Trinajstić information content (AvgIpc) is 2.81. The Morgan fingerprint density at radius 2 is 1.88 bits per heavy atom. The number of benzene rings is 1. The molecule has 0 amide bonds.